The molecule has 0 saturated carbocycles. The van der Waals surface area contributed by atoms with E-state index in [0.29, 0.717) is 24.5 Å². The summed E-state index contributed by atoms with van der Waals surface area (Å²) in [7, 11) is -3.65. The van der Waals surface area contributed by atoms with Gasteiger partial charge in [0.1, 0.15) is 0 Å². The first-order valence-electron chi connectivity index (χ1n) is 10.9. The fourth-order valence-electron chi connectivity index (χ4n) is 3.58. The Kier molecular flexibility index (Phi) is 8.81. The van der Waals surface area contributed by atoms with Gasteiger partial charge in [-0.2, -0.15) is 4.31 Å². The lowest BCUT2D eigenvalue weighted by Gasteiger charge is -2.20. The van der Waals surface area contributed by atoms with Gasteiger partial charge in [-0.3, -0.25) is 4.79 Å². The van der Waals surface area contributed by atoms with Gasteiger partial charge in [-0.25, -0.2) is 13.2 Å². The van der Waals surface area contributed by atoms with Crippen molar-refractivity contribution in [2.45, 2.75) is 30.6 Å². The molecule has 1 saturated heterocycles. The maximum Gasteiger partial charge on any atom is 0.340 e. The standard InChI is InChI=1S/C23H29N3O6S/c27-15-12-24-21-11-4-3-10-20(21)23(29)32-17-22(28)25-18-8-7-9-19(16-18)33(30,31)26-13-5-1-2-6-14-26/h3-4,7-11,16,24,27H,1-2,5-6,12-15,17H2,(H,25,28). The Morgan fingerprint density at radius 3 is 2.45 bits per heavy atom. The number of nitrogens with zero attached hydrogens (tertiary/aromatic N) is 1. The van der Waals surface area contributed by atoms with Crippen LogP contribution in [0.3, 0.4) is 0 Å². The maximum atomic E-state index is 13.0. The molecule has 1 aliphatic rings. The highest BCUT2D eigenvalue weighted by molar-refractivity contribution is 7.89. The number of carbonyl (C=O) groups excluding carboxylic acids is 2. The predicted octanol–water partition coefficient (Wildman–Crippen LogP) is 2.45. The number of ether oxygens (including phenoxy) is 1. The van der Waals surface area contributed by atoms with Crippen molar-refractivity contribution in [1.82, 2.24) is 4.31 Å². The van der Waals surface area contributed by atoms with Crippen LogP contribution in [0.2, 0.25) is 0 Å². The van der Waals surface area contributed by atoms with E-state index < -0.39 is 28.5 Å². The Morgan fingerprint density at radius 1 is 1.00 bits per heavy atom. The first kappa shape index (κ1) is 24.7. The van der Waals surface area contributed by atoms with Crippen LogP contribution in [0, 0.1) is 0 Å². The minimum absolute atomic E-state index is 0.0989. The molecule has 178 valence electrons. The normalized spacial score (nSPS) is 14.8. The Hall–Kier alpha value is -2.95. The monoisotopic (exact) mass is 475 g/mol. The third kappa shape index (κ3) is 6.77. The first-order valence-corrected chi connectivity index (χ1v) is 12.4. The number of hydrogen-bond acceptors (Lipinski definition) is 7. The molecule has 1 amide bonds. The third-order valence-corrected chi connectivity index (χ3v) is 7.12. The molecule has 0 radical (unpaired) electrons. The molecule has 0 spiro atoms. The van der Waals surface area contributed by atoms with Crippen LogP contribution in [0.4, 0.5) is 11.4 Å². The first-order chi connectivity index (χ1) is 15.9. The Labute approximate surface area is 193 Å². The van der Waals surface area contributed by atoms with Crippen LogP contribution in [0.5, 0.6) is 0 Å². The summed E-state index contributed by atoms with van der Waals surface area (Å²) >= 11 is 0. The van der Waals surface area contributed by atoms with Crippen LogP contribution < -0.4 is 10.6 Å². The molecule has 1 aliphatic heterocycles. The average Bonchev–Trinajstić information content (AvgIpc) is 3.12. The summed E-state index contributed by atoms with van der Waals surface area (Å²) < 4.78 is 32.6. The van der Waals surface area contributed by atoms with Crippen LogP contribution >= 0.6 is 0 Å². The number of para-hydroxylation sites is 1. The molecule has 1 fully saturated rings. The van der Waals surface area contributed by atoms with E-state index in [2.05, 4.69) is 10.6 Å². The molecule has 1 heterocycles. The third-order valence-electron chi connectivity index (χ3n) is 5.23. The van der Waals surface area contributed by atoms with E-state index in [1.54, 1.807) is 36.4 Å². The second-order valence-electron chi connectivity index (χ2n) is 7.67. The van der Waals surface area contributed by atoms with E-state index in [1.807, 2.05) is 0 Å². The van der Waals surface area contributed by atoms with Crippen LogP contribution in [-0.4, -0.2) is 62.6 Å². The van der Waals surface area contributed by atoms with Gasteiger partial charge in [0.15, 0.2) is 6.61 Å². The molecule has 3 rings (SSSR count). The van der Waals surface area contributed by atoms with E-state index in [4.69, 9.17) is 9.84 Å². The zero-order chi connectivity index (χ0) is 23.7. The molecular weight excluding hydrogens is 446 g/mol. The summed E-state index contributed by atoms with van der Waals surface area (Å²) in [5.41, 5.74) is 1.03. The van der Waals surface area contributed by atoms with Crippen LogP contribution in [-0.2, 0) is 19.6 Å². The second-order valence-corrected chi connectivity index (χ2v) is 9.60. The summed E-state index contributed by atoms with van der Waals surface area (Å²) in [5, 5.41) is 14.4. The second kappa shape index (κ2) is 11.8. The quantitative estimate of drug-likeness (QED) is 0.476. The highest BCUT2D eigenvalue weighted by Crippen LogP contribution is 2.23. The van der Waals surface area contributed by atoms with Crippen molar-refractivity contribution in [3.05, 3.63) is 54.1 Å². The van der Waals surface area contributed by atoms with Crippen molar-refractivity contribution in [1.29, 1.82) is 0 Å². The fraction of sp³-hybridized carbons (Fsp3) is 0.391. The number of amides is 1. The van der Waals surface area contributed by atoms with Gasteiger partial charge in [-0.1, -0.05) is 31.0 Å². The van der Waals surface area contributed by atoms with Gasteiger partial charge in [-0.05, 0) is 43.2 Å². The summed E-state index contributed by atoms with van der Waals surface area (Å²) in [6, 6.07) is 12.7. The van der Waals surface area contributed by atoms with E-state index in [0.717, 1.165) is 25.7 Å². The highest BCUT2D eigenvalue weighted by atomic mass is 32.2. The molecule has 9 nitrogen and oxygen atoms in total. The number of carbonyl (C=O) groups is 2. The Balaban J connectivity index is 1.61. The van der Waals surface area contributed by atoms with Crippen molar-refractivity contribution in [2.75, 3.05) is 43.5 Å². The molecule has 0 atom stereocenters. The number of hydrogen-bond donors (Lipinski definition) is 3. The Bertz CT molecular complexity index is 1070. The van der Waals surface area contributed by atoms with E-state index in [1.165, 1.54) is 16.4 Å². The number of aliphatic hydroxyl groups is 1. The van der Waals surface area contributed by atoms with Gasteiger partial charge in [-0.15, -0.1) is 0 Å². The molecule has 33 heavy (non-hydrogen) atoms. The lowest BCUT2D eigenvalue weighted by atomic mass is 10.2. The minimum Gasteiger partial charge on any atom is -0.452 e. The summed E-state index contributed by atoms with van der Waals surface area (Å²) in [5.74, 6) is -1.28. The summed E-state index contributed by atoms with van der Waals surface area (Å²) in [6.07, 6.45) is 3.70. The number of nitrogens with one attached hydrogen (secondary N) is 2. The van der Waals surface area contributed by atoms with Crippen molar-refractivity contribution >= 4 is 33.3 Å². The van der Waals surface area contributed by atoms with Gasteiger partial charge in [0.2, 0.25) is 10.0 Å². The molecule has 0 bridgehead atoms. The zero-order valence-electron chi connectivity index (χ0n) is 18.3. The van der Waals surface area contributed by atoms with Crippen LogP contribution in [0.25, 0.3) is 0 Å². The minimum atomic E-state index is -3.65. The lowest BCUT2D eigenvalue weighted by Crippen LogP contribution is -2.32. The largest absolute Gasteiger partial charge is 0.452 e. The smallest absolute Gasteiger partial charge is 0.340 e. The van der Waals surface area contributed by atoms with Crippen molar-refractivity contribution < 1.29 is 27.9 Å². The summed E-state index contributed by atoms with van der Waals surface area (Å²) in [4.78, 5) is 24.8. The average molecular weight is 476 g/mol. The number of anilines is 2. The van der Waals surface area contributed by atoms with Crippen molar-refractivity contribution in [2.24, 2.45) is 0 Å². The molecule has 10 heteroatoms. The van der Waals surface area contributed by atoms with Gasteiger partial charge in [0.05, 0.1) is 17.1 Å². The highest BCUT2D eigenvalue weighted by Gasteiger charge is 2.25. The topological polar surface area (TPSA) is 125 Å². The van der Waals surface area contributed by atoms with E-state index in [-0.39, 0.29) is 23.6 Å². The van der Waals surface area contributed by atoms with Gasteiger partial charge in [0.25, 0.3) is 5.91 Å². The zero-order valence-corrected chi connectivity index (χ0v) is 19.1. The number of aliphatic hydroxyl groups excluding tert-OH is 1. The van der Waals surface area contributed by atoms with Crippen molar-refractivity contribution in [3.8, 4) is 0 Å². The number of sulfonamides is 1. The molecule has 0 aliphatic carbocycles. The van der Waals surface area contributed by atoms with E-state index in [9.17, 15) is 18.0 Å². The van der Waals surface area contributed by atoms with Gasteiger partial charge in [0, 0.05) is 31.0 Å². The van der Waals surface area contributed by atoms with Crippen LogP contribution in [0.1, 0.15) is 36.0 Å². The molecule has 0 unspecified atom stereocenters. The number of esters is 1. The van der Waals surface area contributed by atoms with Crippen molar-refractivity contribution in [3.63, 3.8) is 0 Å². The number of rotatable bonds is 9. The fourth-order valence-corrected chi connectivity index (χ4v) is 5.14. The molecule has 2 aromatic carbocycles. The molecule has 2 aromatic rings. The van der Waals surface area contributed by atoms with Gasteiger partial charge >= 0.3 is 5.97 Å². The SMILES string of the molecule is O=C(COC(=O)c1ccccc1NCCO)Nc1cccc(S(=O)(=O)N2CCCCCC2)c1. The van der Waals surface area contributed by atoms with E-state index >= 15 is 0 Å². The maximum absolute atomic E-state index is 13.0. The predicted molar refractivity (Wildman–Crippen MR) is 125 cm³/mol. The number of benzene rings is 2. The Morgan fingerprint density at radius 2 is 1.73 bits per heavy atom. The molecular formula is C23H29N3O6S. The molecule has 0 aromatic heterocycles. The lowest BCUT2D eigenvalue weighted by molar-refractivity contribution is -0.119. The molecule has 3 N–H and O–H groups in total. The van der Waals surface area contributed by atoms with Gasteiger partial charge < -0.3 is 20.5 Å². The summed E-state index contributed by atoms with van der Waals surface area (Å²) in [6.45, 7) is 0.614. The van der Waals surface area contributed by atoms with Crippen LogP contribution in [0.15, 0.2) is 53.4 Å².